The topological polar surface area (TPSA) is 100.0 Å². The number of hydrogen-bond donors (Lipinski definition) is 1. The second kappa shape index (κ2) is 11.4. The zero-order chi connectivity index (χ0) is 21.2. The summed E-state index contributed by atoms with van der Waals surface area (Å²) in [4.78, 5) is 8.23. The molecule has 1 N–H and O–H groups in total. The molecule has 0 aliphatic heterocycles. The molecule has 1 unspecified atom stereocenters. The van der Waals surface area contributed by atoms with Gasteiger partial charge in [0.2, 0.25) is 5.89 Å². The molecule has 3 rings (SSSR count). The van der Waals surface area contributed by atoms with Crippen LogP contribution >= 0.6 is 0 Å². The van der Waals surface area contributed by atoms with Crippen LogP contribution in [-0.4, -0.2) is 35.1 Å². The van der Waals surface area contributed by atoms with Crippen LogP contribution in [0.5, 0.6) is 0 Å². The van der Waals surface area contributed by atoms with Crippen LogP contribution < -0.4 is 0 Å². The number of benzene rings is 1. The van der Waals surface area contributed by atoms with E-state index in [1.165, 1.54) is 26.0 Å². The van der Waals surface area contributed by atoms with Gasteiger partial charge in [0.05, 0.1) is 18.9 Å². The third kappa shape index (κ3) is 6.36. The van der Waals surface area contributed by atoms with Crippen molar-refractivity contribution in [1.82, 2.24) is 9.97 Å². The standard InChI is InChI=1S/C22H26N2O6/c1-16(27-12-17-8-4-3-5-9-17)7-6-10-19(25)18-13-28-22(24-18)21(30-15-26-2)20-11-23-14-29-20/h3-9,11,13-14,16,19,21,25H,10,12,15H2,1-2H3/b7-6-/t16-,19+,21?/m1/s1. The van der Waals surface area contributed by atoms with Crippen LogP contribution in [0.25, 0.3) is 0 Å². The summed E-state index contributed by atoms with van der Waals surface area (Å²) in [7, 11) is 1.51. The van der Waals surface area contributed by atoms with Crippen molar-refractivity contribution in [3.8, 4) is 0 Å². The maximum absolute atomic E-state index is 10.4. The average molecular weight is 414 g/mol. The van der Waals surface area contributed by atoms with Crippen LogP contribution in [0.1, 0.15) is 48.5 Å². The fourth-order valence-electron chi connectivity index (χ4n) is 2.72. The van der Waals surface area contributed by atoms with Crippen LogP contribution in [0.15, 0.2) is 70.2 Å². The third-order valence-corrected chi connectivity index (χ3v) is 4.29. The van der Waals surface area contributed by atoms with Crippen LogP contribution in [-0.2, 0) is 20.8 Å². The molecule has 0 bridgehead atoms. The van der Waals surface area contributed by atoms with Gasteiger partial charge in [0.25, 0.3) is 0 Å². The van der Waals surface area contributed by atoms with Crippen molar-refractivity contribution >= 4 is 0 Å². The van der Waals surface area contributed by atoms with Crippen molar-refractivity contribution in [3.63, 3.8) is 0 Å². The Morgan fingerprint density at radius 1 is 1.17 bits per heavy atom. The Morgan fingerprint density at radius 3 is 2.73 bits per heavy atom. The van der Waals surface area contributed by atoms with Gasteiger partial charge in [-0.15, -0.1) is 0 Å². The zero-order valence-corrected chi connectivity index (χ0v) is 17.0. The van der Waals surface area contributed by atoms with Crippen molar-refractivity contribution in [3.05, 3.63) is 84.2 Å². The lowest BCUT2D eigenvalue weighted by Gasteiger charge is -2.11. The van der Waals surface area contributed by atoms with E-state index in [4.69, 9.17) is 23.0 Å². The fourth-order valence-corrected chi connectivity index (χ4v) is 2.72. The number of aliphatic hydroxyl groups is 1. The Balaban J connectivity index is 1.52. The molecule has 2 aromatic heterocycles. The van der Waals surface area contributed by atoms with Crippen molar-refractivity contribution in [2.45, 2.75) is 38.3 Å². The number of nitrogens with zero attached hydrogens (tertiary/aromatic N) is 2. The highest BCUT2D eigenvalue weighted by Gasteiger charge is 2.25. The van der Waals surface area contributed by atoms with Gasteiger partial charge in [-0.2, -0.15) is 0 Å². The van der Waals surface area contributed by atoms with Gasteiger partial charge in [-0.25, -0.2) is 9.97 Å². The maximum atomic E-state index is 10.4. The number of rotatable bonds is 12. The highest BCUT2D eigenvalue weighted by Crippen LogP contribution is 2.27. The number of aliphatic hydroxyl groups excluding tert-OH is 1. The fraction of sp³-hybridized carbons (Fsp3) is 0.364. The summed E-state index contributed by atoms with van der Waals surface area (Å²) in [6.07, 6.45) is 6.75. The summed E-state index contributed by atoms with van der Waals surface area (Å²) in [5.41, 5.74) is 1.52. The van der Waals surface area contributed by atoms with Crippen molar-refractivity contribution in [1.29, 1.82) is 0 Å². The molecule has 30 heavy (non-hydrogen) atoms. The van der Waals surface area contributed by atoms with E-state index in [2.05, 4.69) is 9.97 Å². The number of hydrogen-bond acceptors (Lipinski definition) is 8. The Hall–Kier alpha value is -2.78. The van der Waals surface area contributed by atoms with E-state index in [0.29, 0.717) is 24.5 Å². The molecular formula is C22H26N2O6. The van der Waals surface area contributed by atoms with Crippen LogP contribution in [0.2, 0.25) is 0 Å². The molecule has 0 aliphatic rings. The van der Waals surface area contributed by atoms with Crippen molar-refractivity contribution in [2.24, 2.45) is 0 Å². The molecule has 0 aliphatic carbocycles. The first-order valence-electron chi connectivity index (χ1n) is 9.62. The molecular weight excluding hydrogens is 388 g/mol. The quantitative estimate of drug-likeness (QED) is 0.351. The Labute approximate surface area is 175 Å². The molecule has 0 amide bonds. The van der Waals surface area contributed by atoms with Crippen LogP contribution in [0.3, 0.4) is 0 Å². The average Bonchev–Trinajstić information content (AvgIpc) is 3.46. The van der Waals surface area contributed by atoms with Crippen molar-refractivity contribution in [2.75, 3.05) is 13.9 Å². The van der Waals surface area contributed by atoms with Gasteiger partial charge in [-0.3, -0.25) is 0 Å². The first-order chi connectivity index (χ1) is 14.7. The molecule has 0 spiro atoms. The van der Waals surface area contributed by atoms with E-state index >= 15 is 0 Å². The predicted molar refractivity (Wildman–Crippen MR) is 107 cm³/mol. The molecule has 8 nitrogen and oxygen atoms in total. The predicted octanol–water partition coefficient (Wildman–Crippen LogP) is 3.96. The number of ether oxygens (including phenoxy) is 3. The van der Waals surface area contributed by atoms with E-state index in [-0.39, 0.29) is 18.8 Å². The molecule has 0 fully saturated rings. The molecule has 1 aromatic carbocycles. The van der Waals surface area contributed by atoms with E-state index in [9.17, 15) is 5.11 Å². The maximum Gasteiger partial charge on any atom is 0.231 e. The summed E-state index contributed by atoms with van der Waals surface area (Å²) < 4.78 is 27.1. The lowest BCUT2D eigenvalue weighted by Crippen LogP contribution is -2.09. The van der Waals surface area contributed by atoms with Gasteiger partial charge >= 0.3 is 0 Å². The molecule has 2 heterocycles. The highest BCUT2D eigenvalue weighted by molar-refractivity contribution is 5.14. The molecule has 160 valence electrons. The zero-order valence-electron chi connectivity index (χ0n) is 17.0. The van der Waals surface area contributed by atoms with Crippen LogP contribution in [0.4, 0.5) is 0 Å². The van der Waals surface area contributed by atoms with E-state index < -0.39 is 12.2 Å². The number of oxazole rings is 2. The lowest BCUT2D eigenvalue weighted by molar-refractivity contribution is -0.0727. The second-order valence-corrected chi connectivity index (χ2v) is 6.65. The van der Waals surface area contributed by atoms with Crippen molar-refractivity contribution < 1.29 is 28.2 Å². The smallest absolute Gasteiger partial charge is 0.231 e. The third-order valence-electron chi connectivity index (χ3n) is 4.29. The Kier molecular flexibility index (Phi) is 8.34. The second-order valence-electron chi connectivity index (χ2n) is 6.65. The first-order valence-corrected chi connectivity index (χ1v) is 9.62. The summed E-state index contributed by atoms with van der Waals surface area (Å²) in [6, 6.07) is 9.97. The largest absolute Gasteiger partial charge is 0.445 e. The monoisotopic (exact) mass is 414 g/mol. The van der Waals surface area contributed by atoms with Gasteiger partial charge in [0.1, 0.15) is 24.9 Å². The molecule has 3 atom stereocenters. The van der Waals surface area contributed by atoms with Crippen LogP contribution in [0, 0.1) is 0 Å². The SMILES string of the molecule is COCOC(c1cnco1)c1nc([C@@H](O)C/C=C\[C@@H](C)OCc2ccccc2)co1. The molecule has 8 heteroatoms. The summed E-state index contributed by atoms with van der Waals surface area (Å²) in [6.45, 7) is 2.51. The minimum absolute atomic E-state index is 0.0231. The highest BCUT2D eigenvalue weighted by atomic mass is 16.7. The minimum Gasteiger partial charge on any atom is -0.445 e. The summed E-state index contributed by atoms with van der Waals surface area (Å²) in [5, 5.41) is 10.4. The molecule has 0 radical (unpaired) electrons. The number of aromatic nitrogens is 2. The normalized spacial score (nSPS) is 14.8. The first kappa shape index (κ1) is 21.9. The molecule has 3 aromatic rings. The summed E-state index contributed by atoms with van der Waals surface area (Å²) >= 11 is 0. The van der Waals surface area contributed by atoms with E-state index in [1.54, 1.807) is 0 Å². The van der Waals surface area contributed by atoms with Gasteiger partial charge in [0.15, 0.2) is 18.3 Å². The van der Waals surface area contributed by atoms with Gasteiger partial charge in [0, 0.05) is 7.11 Å². The lowest BCUT2D eigenvalue weighted by atomic mass is 10.2. The molecule has 0 saturated carbocycles. The summed E-state index contributed by atoms with van der Waals surface area (Å²) in [5.74, 6) is 0.681. The van der Waals surface area contributed by atoms with E-state index in [1.807, 2.05) is 49.4 Å². The van der Waals surface area contributed by atoms with E-state index in [0.717, 1.165) is 5.56 Å². The Bertz CT molecular complexity index is 878. The molecule has 0 saturated heterocycles. The Morgan fingerprint density at radius 2 is 2.00 bits per heavy atom. The van der Waals surface area contributed by atoms with Gasteiger partial charge < -0.3 is 28.2 Å². The van der Waals surface area contributed by atoms with Gasteiger partial charge in [-0.1, -0.05) is 42.5 Å². The van der Waals surface area contributed by atoms with Gasteiger partial charge in [-0.05, 0) is 18.9 Å². The minimum atomic E-state index is -0.821. The number of methoxy groups -OCH3 is 1.